The highest BCUT2D eigenvalue weighted by atomic mass is 32.1. The summed E-state index contributed by atoms with van der Waals surface area (Å²) in [5, 5.41) is 0.663. The molecular formula is C22H31N3O2S. The van der Waals surface area contributed by atoms with Crippen molar-refractivity contribution in [3.05, 3.63) is 39.4 Å². The zero-order valence-corrected chi connectivity index (χ0v) is 17.6. The van der Waals surface area contributed by atoms with Crippen LogP contribution in [0.2, 0.25) is 0 Å². The molecule has 0 saturated heterocycles. The van der Waals surface area contributed by atoms with Crippen LogP contribution in [0.3, 0.4) is 0 Å². The molecule has 1 heterocycles. The molecule has 0 radical (unpaired) electrons. The largest absolute Gasteiger partial charge is 0.345 e. The van der Waals surface area contributed by atoms with E-state index < -0.39 is 0 Å². The molecule has 3 rings (SSSR count). The first-order valence-electron chi connectivity index (χ1n) is 10.5. The van der Waals surface area contributed by atoms with Crippen LogP contribution in [0.5, 0.6) is 0 Å². The van der Waals surface area contributed by atoms with E-state index in [0.717, 1.165) is 31.3 Å². The summed E-state index contributed by atoms with van der Waals surface area (Å²) in [4.78, 5) is 30.0. The number of rotatable bonds is 8. The van der Waals surface area contributed by atoms with E-state index >= 15 is 0 Å². The van der Waals surface area contributed by atoms with Crippen LogP contribution in [-0.2, 0) is 11.3 Å². The number of para-hydroxylation sites is 1. The number of carbonyl (C=O) groups is 1. The van der Waals surface area contributed by atoms with E-state index in [1.54, 1.807) is 4.57 Å². The normalized spacial score (nSPS) is 15.0. The minimum atomic E-state index is -0.0392. The summed E-state index contributed by atoms with van der Waals surface area (Å²) >= 11 is 5.35. The second-order valence-corrected chi connectivity index (χ2v) is 8.41. The van der Waals surface area contributed by atoms with E-state index in [9.17, 15) is 9.59 Å². The lowest BCUT2D eigenvalue weighted by atomic mass is 9.89. The van der Waals surface area contributed by atoms with Crippen molar-refractivity contribution < 1.29 is 4.79 Å². The van der Waals surface area contributed by atoms with Crippen LogP contribution >= 0.6 is 12.2 Å². The van der Waals surface area contributed by atoms with Gasteiger partial charge in [-0.15, -0.1) is 0 Å². The van der Waals surface area contributed by atoms with Crippen LogP contribution in [0.15, 0.2) is 29.1 Å². The number of hydrogen-bond donors (Lipinski definition) is 1. The fourth-order valence-electron chi connectivity index (χ4n) is 4.17. The third kappa shape index (κ3) is 5.31. The summed E-state index contributed by atoms with van der Waals surface area (Å²) in [6.45, 7) is 1.49. The zero-order valence-electron chi connectivity index (χ0n) is 16.8. The first-order valence-corrected chi connectivity index (χ1v) is 10.9. The molecule has 1 N–H and O–H groups in total. The number of amides is 1. The van der Waals surface area contributed by atoms with Gasteiger partial charge in [-0.2, -0.15) is 0 Å². The highest BCUT2D eigenvalue weighted by molar-refractivity contribution is 7.71. The topological polar surface area (TPSA) is 58.1 Å². The van der Waals surface area contributed by atoms with Crippen LogP contribution in [0, 0.1) is 10.7 Å². The van der Waals surface area contributed by atoms with Gasteiger partial charge < -0.3 is 9.88 Å². The molecule has 0 spiro atoms. The van der Waals surface area contributed by atoms with Crippen molar-refractivity contribution in [3.8, 4) is 0 Å². The smallest absolute Gasteiger partial charge is 0.262 e. The molecule has 1 fully saturated rings. The third-order valence-corrected chi connectivity index (χ3v) is 6.17. The summed E-state index contributed by atoms with van der Waals surface area (Å²) < 4.78 is 2.10. The van der Waals surface area contributed by atoms with E-state index in [-0.39, 0.29) is 11.5 Å². The Balaban J connectivity index is 1.43. The molecule has 2 aromatic rings. The lowest BCUT2D eigenvalue weighted by Gasteiger charge is -2.27. The number of benzene rings is 1. The molecule has 1 aliphatic rings. The van der Waals surface area contributed by atoms with Crippen molar-refractivity contribution in [2.24, 2.45) is 5.92 Å². The van der Waals surface area contributed by atoms with Crippen LogP contribution in [-0.4, -0.2) is 34.0 Å². The fourth-order valence-corrected chi connectivity index (χ4v) is 4.46. The summed E-state index contributed by atoms with van der Waals surface area (Å²) in [5.41, 5.74) is 0.739. The summed E-state index contributed by atoms with van der Waals surface area (Å²) in [6.07, 6.45) is 9.68. The lowest BCUT2D eigenvalue weighted by molar-refractivity contribution is -0.130. The van der Waals surface area contributed by atoms with Crippen molar-refractivity contribution in [1.82, 2.24) is 14.5 Å². The molecule has 5 nitrogen and oxygen atoms in total. The van der Waals surface area contributed by atoms with E-state index in [1.165, 1.54) is 32.1 Å². The second-order valence-electron chi connectivity index (χ2n) is 8.02. The molecule has 0 atom stereocenters. The van der Waals surface area contributed by atoms with Gasteiger partial charge in [-0.05, 0) is 56.0 Å². The number of H-pyrrole nitrogens is 1. The number of nitrogens with zero attached hydrogens (tertiary/aromatic N) is 2. The quantitative estimate of drug-likeness (QED) is 0.517. The van der Waals surface area contributed by atoms with Crippen molar-refractivity contribution in [3.63, 3.8) is 0 Å². The number of nitrogens with one attached hydrogen (secondary N) is 1. The molecule has 1 aromatic carbocycles. The number of aromatic nitrogens is 2. The predicted molar refractivity (Wildman–Crippen MR) is 116 cm³/mol. The third-order valence-electron chi connectivity index (χ3n) is 5.84. The maximum Gasteiger partial charge on any atom is 0.262 e. The molecule has 0 unspecified atom stereocenters. The van der Waals surface area contributed by atoms with Gasteiger partial charge >= 0.3 is 0 Å². The van der Waals surface area contributed by atoms with Gasteiger partial charge in [-0.3, -0.25) is 14.2 Å². The Hall–Kier alpha value is -1.95. The Morgan fingerprint density at radius 1 is 1.18 bits per heavy atom. The van der Waals surface area contributed by atoms with Crippen molar-refractivity contribution in [2.75, 3.05) is 13.6 Å². The van der Waals surface area contributed by atoms with Crippen molar-refractivity contribution in [2.45, 2.75) is 64.3 Å². The van der Waals surface area contributed by atoms with Crippen LogP contribution in [0.25, 0.3) is 10.9 Å². The summed E-state index contributed by atoms with van der Waals surface area (Å²) in [7, 11) is 1.94. The summed E-state index contributed by atoms with van der Waals surface area (Å²) in [6, 6.07) is 7.44. The minimum Gasteiger partial charge on any atom is -0.345 e. The number of fused-ring (bicyclic) bond motifs is 1. The van der Waals surface area contributed by atoms with E-state index in [1.807, 2.05) is 36.2 Å². The zero-order chi connectivity index (χ0) is 19.9. The number of hydrogen-bond acceptors (Lipinski definition) is 3. The van der Waals surface area contributed by atoms with Crippen molar-refractivity contribution >= 4 is 29.0 Å². The molecule has 28 heavy (non-hydrogen) atoms. The average Bonchev–Trinajstić information content (AvgIpc) is 2.70. The van der Waals surface area contributed by atoms with Crippen LogP contribution in [0.1, 0.15) is 57.8 Å². The maximum absolute atomic E-state index is 12.6. The summed E-state index contributed by atoms with van der Waals surface area (Å²) in [5.74, 6) is 0.926. The lowest BCUT2D eigenvalue weighted by Crippen LogP contribution is -2.32. The molecule has 0 aliphatic heterocycles. The Labute approximate surface area is 171 Å². The molecule has 1 aliphatic carbocycles. The van der Waals surface area contributed by atoms with Gasteiger partial charge in [0.1, 0.15) is 0 Å². The molecule has 6 heteroatoms. The van der Waals surface area contributed by atoms with Gasteiger partial charge in [-0.1, -0.05) is 37.8 Å². The Morgan fingerprint density at radius 2 is 1.93 bits per heavy atom. The fraction of sp³-hybridized carbons (Fsp3) is 0.591. The highest BCUT2D eigenvalue weighted by Crippen LogP contribution is 2.24. The molecule has 152 valence electrons. The van der Waals surface area contributed by atoms with Gasteiger partial charge in [0, 0.05) is 26.6 Å². The molecule has 1 amide bonds. The SMILES string of the molecule is CN(CC1CCCCC1)C(=O)CCCCCn1c(=S)[nH]c2ccccc2c1=O. The van der Waals surface area contributed by atoms with Gasteiger partial charge in [0.15, 0.2) is 4.77 Å². The maximum atomic E-state index is 12.6. The molecular weight excluding hydrogens is 370 g/mol. The first kappa shape index (κ1) is 20.8. The Kier molecular flexibility index (Phi) is 7.43. The number of unbranched alkanes of at least 4 members (excludes halogenated alkanes) is 2. The average molecular weight is 402 g/mol. The van der Waals surface area contributed by atoms with Gasteiger partial charge in [-0.25, -0.2) is 0 Å². The van der Waals surface area contributed by atoms with Gasteiger partial charge in [0.25, 0.3) is 5.56 Å². The molecule has 0 bridgehead atoms. The number of aromatic amines is 1. The van der Waals surface area contributed by atoms with Crippen molar-refractivity contribution in [1.29, 1.82) is 0 Å². The Bertz CT molecular complexity index is 912. The number of carbonyl (C=O) groups excluding carboxylic acids is 1. The van der Waals surface area contributed by atoms with E-state index in [4.69, 9.17) is 12.2 Å². The van der Waals surface area contributed by atoms with E-state index in [2.05, 4.69) is 4.98 Å². The first-order chi connectivity index (χ1) is 13.6. The predicted octanol–water partition coefficient (Wildman–Crippen LogP) is 4.66. The van der Waals surface area contributed by atoms with Crippen LogP contribution in [0.4, 0.5) is 0 Å². The minimum absolute atomic E-state index is 0.0392. The monoisotopic (exact) mass is 401 g/mol. The molecule has 1 saturated carbocycles. The highest BCUT2D eigenvalue weighted by Gasteiger charge is 2.17. The molecule has 1 aromatic heterocycles. The van der Waals surface area contributed by atoms with E-state index in [0.29, 0.717) is 29.0 Å². The second kappa shape index (κ2) is 10.0. The Morgan fingerprint density at radius 3 is 2.71 bits per heavy atom. The standard InChI is InChI=1S/C22H31N3O2S/c1-24(16-17-10-4-2-5-11-17)20(26)14-6-3-9-15-25-21(27)18-12-7-8-13-19(18)23-22(25)28/h7-8,12-13,17H,2-6,9-11,14-16H2,1H3,(H,23,28). The van der Waals surface area contributed by atoms with Gasteiger partial charge in [0.2, 0.25) is 5.91 Å². The van der Waals surface area contributed by atoms with Crippen LogP contribution < -0.4 is 5.56 Å². The van der Waals surface area contributed by atoms with Gasteiger partial charge in [0.05, 0.1) is 10.9 Å².